The second kappa shape index (κ2) is 8.06. The van der Waals surface area contributed by atoms with E-state index in [0.717, 1.165) is 33.3 Å². The van der Waals surface area contributed by atoms with Crippen LogP contribution in [0.2, 0.25) is 0 Å². The van der Waals surface area contributed by atoms with Crippen LogP contribution in [0, 0.1) is 0 Å². The number of fused-ring (bicyclic) bond motifs is 3. The van der Waals surface area contributed by atoms with E-state index < -0.39 is 0 Å². The van der Waals surface area contributed by atoms with Crippen LogP contribution in [-0.2, 0) is 10.8 Å². The van der Waals surface area contributed by atoms with Crippen LogP contribution < -0.4 is 5.32 Å². The summed E-state index contributed by atoms with van der Waals surface area (Å²) in [6, 6.07) is 30.1. The van der Waals surface area contributed by atoms with Crippen molar-refractivity contribution in [3.63, 3.8) is 0 Å². The molecular weight excluding hydrogens is 414 g/mol. The summed E-state index contributed by atoms with van der Waals surface area (Å²) in [5, 5.41) is 6.05. The van der Waals surface area contributed by atoms with Crippen LogP contribution in [-0.4, -0.2) is 0 Å². The van der Waals surface area contributed by atoms with Gasteiger partial charge in [0.05, 0.1) is 11.1 Å². The Morgan fingerprint density at radius 2 is 1.38 bits per heavy atom. The number of rotatable bonds is 3. The molecule has 0 aliphatic rings. The fourth-order valence-corrected chi connectivity index (χ4v) is 4.66. The van der Waals surface area contributed by atoms with Crippen molar-refractivity contribution < 1.29 is 4.42 Å². The molecule has 1 heterocycles. The highest BCUT2D eigenvalue weighted by Crippen LogP contribution is 2.41. The Morgan fingerprint density at radius 3 is 2.09 bits per heavy atom. The molecule has 0 aliphatic heterocycles. The zero-order valence-corrected chi connectivity index (χ0v) is 21.0. The van der Waals surface area contributed by atoms with Gasteiger partial charge in [-0.3, -0.25) is 0 Å². The Morgan fingerprint density at radius 1 is 0.647 bits per heavy atom. The smallest absolute Gasteiger partial charge is 0.139 e. The van der Waals surface area contributed by atoms with Crippen molar-refractivity contribution in [1.82, 2.24) is 0 Å². The molecule has 0 bridgehead atoms. The van der Waals surface area contributed by atoms with E-state index >= 15 is 0 Å². The van der Waals surface area contributed by atoms with Gasteiger partial charge in [0.25, 0.3) is 0 Å². The van der Waals surface area contributed by atoms with E-state index in [9.17, 15) is 0 Å². The zero-order chi connectivity index (χ0) is 24.1. The maximum Gasteiger partial charge on any atom is 0.139 e. The molecular formula is C32H33NO. The molecule has 172 valence electrons. The quantitative estimate of drug-likeness (QED) is 0.298. The van der Waals surface area contributed by atoms with Crippen molar-refractivity contribution in [1.29, 1.82) is 0 Å². The molecule has 0 spiro atoms. The van der Waals surface area contributed by atoms with Gasteiger partial charge >= 0.3 is 0 Å². The molecule has 34 heavy (non-hydrogen) atoms. The first-order valence-electron chi connectivity index (χ1n) is 12.0. The average Bonchev–Trinajstić information content (AvgIpc) is 3.18. The highest BCUT2D eigenvalue weighted by Gasteiger charge is 2.22. The number of benzene rings is 4. The van der Waals surface area contributed by atoms with E-state index in [4.69, 9.17) is 4.42 Å². The van der Waals surface area contributed by atoms with Gasteiger partial charge < -0.3 is 9.73 Å². The molecule has 5 rings (SSSR count). The summed E-state index contributed by atoms with van der Waals surface area (Å²) in [6.07, 6.45) is 0. The number of nitrogens with one attached hydrogen (secondary N) is 1. The SMILES string of the molecule is CC(C)(C)c1ccc(Nc2cccc3oc4c(C(C)(C)C)cccc4c23)c(-c2ccccc2)c1. The Balaban J connectivity index is 1.70. The van der Waals surface area contributed by atoms with Crippen LogP contribution >= 0.6 is 0 Å². The monoisotopic (exact) mass is 447 g/mol. The molecule has 2 heteroatoms. The minimum atomic E-state index is 0.00421. The first-order valence-corrected chi connectivity index (χ1v) is 12.0. The third-order valence-electron chi connectivity index (χ3n) is 6.57. The summed E-state index contributed by atoms with van der Waals surface area (Å²) < 4.78 is 6.43. The lowest BCUT2D eigenvalue weighted by molar-refractivity contribution is 0.573. The molecule has 4 aromatic carbocycles. The second-order valence-corrected chi connectivity index (χ2v) is 11.2. The number of para-hydroxylation sites is 1. The topological polar surface area (TPSA) is 25.2 Å². The highest BCUT2D eigenvalue weighted by atomic mass is 16.3. The van der Waals surface area contributed by atoms with E-state index in [1.807, 2.05) is 0 Å². The van der Waals surface area contributed by atoms with Crippen molar-refractivity contribution in [2.45, 2.75) is 52.4 Å². The van der Waals surface area contributed by atoms with Gasteiger partial charge in [0.1, 0.15) is 11.2 Å². The second-order valence-electron chi connectivity index (χ2n) is 11.2. The number of furan rings is 1. The normalized spacial score (nSPS) is 12.4. The van der Waals surface area contributed by atoms with E-state index in [1.54, 1.807) is 0 Å². The lowest BCUT2D eigenvalue weighted by Crippen LogP contribution is -2.11. The van der Waals surface area contributed by atoms with Crippen LogP contribution in [0.1, 0.15) is 52.7 Å². The van der Waals surface area contributed by atoms with Gasteiger partial charge in [0.2, 0.25) is 0 Å². The lowest BCUT2D eigenvalue weighted by atomic mass is 9.85. The average molecular weight is 448 g/mol. The molecule has 0 saturated carbocycles. The van der Waals surface area contributed by atoms with Crippen molar-refractivity contribution in [2.24, 2.45) is 0 Å². The minimum absolute atomic E-state index is 0.00421. The first-order chi connectivity index (χ1) is 16.1. The van der Waals surface area contributed by atoms with Crippen LogP contribution in [0.3, 0.4) is 0 Å². The van der Waals surface area contributed by atoms with Gasteiger partial charge in [-0.1, -0.05) is 102 Å². The predicted molar refractivity (Wildman–Crippen MR) is 146 cm³/mol. The van der Waals surface area contributed by atoms with Gasteiger partial charge in [-0.05, 0) is 46.2 Å². The largest absolute Gasteiger partial charge is 0.456 e. The summed E-state index contributed by atoms with van der Waals surface area (Å²) in [7, 11) is 0. The van der Waals surface area contributed by atoms with Crippen LogP contribution in [0.5, 0.6) is 0 Å². The Hall–Kier alpha value is -3.52. The van der Waals surface area contributed by atoms with Gasteiger partial charge in [0, 0.05) is 22.2 Å². The Bertz CT molecular complexity index is 1480. The maximum atomic E-state index is 6.43. The molecule has 0 atom stereocenters. The summed E-state index contributed by atoms with van der Waals surface area (Å²) in [6.45, 7) is 13.5. The maximum absolute atomic E-state index is 6.43. The van der Waals surface area contributed by atoms with Crippen molar-refractivity contribution >= 4 is 33.3 Å². The lowest BCUT2D eigenvalue weighted by Gasteiger charge is -2.22. The standard InChI is InChI=1S/C32H33NO/c1-31(2,3)22-18-19-26(24(20-22)21-12-8-7-9-13-21)33-27-16-11-17-28-29(27)23-14-10-15-25(30(23)34-28)32(4,5)6/h7-20,33H,1-6H3. The van der Waals surface area contributed by atoms with Crippen molar-refractivity contribution in [3.05, 3.63) is 96.1 Å². The first kappa shape index (κ1) is 22.3. The van der Waals surface area contributed by atoms with Gasteiger partial charge in [-0.25, -0.2) is 0 Å². The van der Waals surface area contributed by atoms with Crippen LogP contribution in [0.4, 0.5) is 11.4 Å². The Labute approximate surface area is 202 Å². The molecule has 1 aromatic heterocycles. The van der Waals surface area contributed by atoms with Gasteiger partial charge in [0.15, 0.2) is 0 Å². The highest BCUT2D eigenvalue weighted by molar-refractivity contribution is 6.13. The minimum Gasteiger partial charge on any atom is -0.456 e. The molecule has 0 radical (unpaired) electrons. The van der Waals surface area contributed by atoms with E-state index in [-0.39, 0.29) is 10.8 Å². The molecule has 0 aliphatic carbocycles. The molecule has 5 aromatic rings. The van der Waals surface area contributed by atoms with Crippen LogP contribution in [0.15, 0.2) is 89.3 Å². The zero-order valence-electron chi connectivity index (χ0n) is 21.0. The third-order valence-corrected chi connectivity index (χ3v) is 6.57. The number of hydrogen-bond donors (Lipinski definition) is 1. The third kappa shape index (κ3) is 3.98. The molecule has 1 N–H and O–H groups in total. The van der Waals surface area contributed by atoms with Gasteiger partial charge in [-0.2, -0.15) is 0 Å². The predicted octanol–water partition coefficient (Wildman–Crippen LogP) is 9.59. The molecule has 0 amide bonds. The van der Waals surface area contributed by atoms with E-state index in [2.05, 4.69) is 132 Å². The summed E-state index contributed by atoms with van der Waals surface area (Å²) >= 11 is 0. The molecule has 0 fully saturated rings. The molecule has 0 unspecified atom stereocenters. The summed E-state index contributed by atoms with van der Waals surface area (Å²) in [4.78, 5) is 0. The van der Waals surface area contributed by atoms with Crippen molar-refractivity contribution in [3.8, 4) is 11.1 Å². The fourth-order valence-electron chi connectivity index (χ4n) is 4.66. The number of anilines is 2. The van der Waals surface area contributed by atoms with E-state index in [1.165, 1.54) is 22.3 Å². The molecule has 2 nitrogen and oxygen atoms in total. The van der Waals surface area contributed by atoms with Crippen LogP contribution in [0.25, 0.3) is 33.1 Å². The summed E-state index contributed by atoms with van der Waals surface area (Å²) in [5.41, 5.74) is 9.07. The van der Waals surface area contributed by atoms with Crippen molar-refractivity contribution in [2.75, 3.05) is 5.32 Å². The summed E-state index contributed by atoms with van der Waals surface area (Å²) in [5.74, 6) is 0. The fraction of sp³-hybridized carbons (Fsp3) is 0.250. The van der Waals surface area contributed by atoms with Gasteiger partial charge in [-0.15, -0.1) is 0 Å². The Kier molecular flexibility index (Phi) is 5.28. The molecule has 0 saturated heterocycles. The number of hydrogen-bond acceptors (Lipinski definition) is 2. The van der Waals surface area contributed by atoms with E-state index in [0.29, 0.717) is 0 Å².